The maximum Gasteiger partial charge on any atom is 0.244 e. The molecule has 0 radical (unpaired) electrons. The van der Waals surface area contributed by atoms with Crippen LogP contribution in [0.25, 0.3) is 6.08 Å². The molecule has 2 aromatic carbocycles. The number of nitrogens with one attached hydrogen (secondary N) is 1. The molecule has 0 bridgehead atoms. The molecule has 40 heavy (non-hydrogen) atoms. The van der Waals surface area contributed by atoms with Crippen LogP contribution in [0.5, 0.6) is 11.5 Å². The van der Waals surface area contributed by atoms with E-state index < -0.39 is 38.6 Å². The van der Waals surface area contributed by atoms with E-state index in [2.05, 4.69) is 5.32 Å². The fourth-order valence-electron chi connectivity index (χ4n) is 8.79. The highest BCUT2D eigenvalue weighted by molar-refractivity contribution is 7.89. The molecular formula is C30H28N2O7S. The van der Waals surface area contributed by atoms with Crippen LogP contribution in [0.15, 0.2) is 76.4 Å². The molecule has 8 rings (SSSR count). The normalized spacial score (nSPS) is 34.7. The van der Waals surface area contributed by atoms with Crippen molar-refractivity contribution in [1.82, 2.24) is 9.62 Å². The molecule has 1 amide bonds. The molecule has 1 unspecified atom stereocenters. The van der Waals surface area contributed by atoms with Crippen molar-refractivity contribution in [2.75, 3.05) is 13.7 Å². The molecule has 2 N–H and O–H groups in total. The summed E-state index contributed by atoms with van der Waals surface area (Å²) in [6.45, 7) is 0.272. The fourth-order valence-corrected chi connectivity index (χ4v) is 10.6. The van der Waals surface area contributed by atoms with Crippen molar-refractivity contribution in [2.45, 2.75) is 53.4 Å². The van der Waals surface area contributed by atoms with Gasteiger partial charge in [-0.25, -0.2) is 8.42 Å². The van der Waals surface area contributed by atoms with E-state index in [1.165, 1.54) is 10.4 Å². The number of fused-ring (bicyclic) bond motifs is 1. The van der Waals surface area contributed by atoms with Gasteiger partial charge in [-0.2, -0.15) is 4.31 Å². The highest BCUT2D eigenvalue weighted by atomic mass is 32.2. The van der Waals surface area contributed by atoms with Crippen LogP contribution < -0.4 is 14.8 Å². The Bertz CT molecular complexity index is 1680. The van der Waals surface area contributed by atoms with Gasteiger partial charge in [-0.3, -0.25) is 4.79 Å². The van der Waals surface area contributed by atoms with Crippen LogP contribution >= 0.6 is 0 Å². The van der Waals surface area contributed by atoms with E-state index in [-0.39, 0.29) is 23.4 Å². The molecule has 3 fully saturated rings. The molecule has 2 aliphatic heterocycles. The lowest BCUT2D eigenvalue weighted by Crippen LogP contribution is -2.97. The molecule has 2 saturated carbocycles. The standard InChI is InChI=1S/C30H28N2O7S/c1-37-22-9-8-19-15-28-17-32(40(35,36)20-5-3-2-4-6-20)27(28)29(34)13-11-21(26-30(28,29)24(19)25(22)39-26)31-23(33)10-7-18-12-14-38-16-18/h2-10,12,14,16,21,26-27,34H,11,13,15,17H2,1H3,(H,31,33)/b10-7+/t21-,26+,27-,28?,29-,30+/m1/s1. The number of sulfonamides is 1. The number of nitrogens with zero attached hydrogens (tertiary/aromatic N) is 1. The summed E-state index contributed by atoms with van der Waals surface area (Å²) in [4.78, 5) is 13.2. The number of methoxy groups -OCH3 is 1. The Hall–Kier alpha value is -3.60. The summed E-state index contributed by atoms with van der Waals surface area (Å²) in [5, 5.41) is 15.7. The predicted octanol–water partition coefficient (Wildman–Crippen LogP) is 2.64. The molecule has 3 heterocycles. The van der Waals surface area contributed by atoms with E-state index in [1.54, 1.807) is 62.1 Å². The first kappa shape index (κ1) is 24.2. The SMILES string of the molecule is COc1ccc2c3c1O[C@H]1[C@H](NC(=O)/C=C/c4ccoc4)CC[C@@]4(O)[C@@H]5N(S(=O)(=O)c6ccccc6)CC5(C2)[C@]314. The third kappa shape index (κ3) is 2.60. The quantitative estimate of drug-likeness (QED) is 0.445. The number of furan rings is 1. The summed E-state index contributed by atoms with van der Waals surface area (Å²) >= 11 is 0. The fraction of sp³-hybridized carbons (Fsp3) is 0.367. The minimum absolute atomic E-state index is 0.219. The number of ether oxygens (including phenoxy) is 2. The van der Waals surface area contributed by atoms with Crippen LogP contribution in [-0.4, -0.2) is 61.2 Å². The number of piperidine rings is 1. The molecule has 206 valence electrons. The van der Waals surface area contributed by atoms with Gasteiger partial charge in [-0.15, -0.1) is 0 Å². The third-order valence-corrected chi connectivity index (χ3v) is 11.8. The first-order valence-electron chi connectivity index (χ1n) is 13.4. The number of carbonyl (C=O) groups is 1. The van der Waals surface area contributed by atoms with Crippen LogP contribution in [0.4, 0.5) is 0 Å². The molecular weight excluding hydrogens is 532 g/mol. The van der Waals surface area contributed by atoms with Gasteiger partial charge in [0.1, 0.15) is 6.10 Å². The zero-order valence-corrected chi connectivity index (χ0v) is 22.6. The second-order valence-corrected chi connectivity index (χ2v) is 13.4. The molecule has 3 aliphatic carbocycles. The molecule has 5 aliphatic rings. The second-order valence-electron chi connectivity index (χ2n) is 11.5. The van der Waals surface area contributed by atoms with E-state index in [9.17, 15) is 18.3 Å². The number of benzene rings is 2. The maximum atomic E-state index is 13.7. The first-order valence-corrected chi connectivity index (χ1v) is 14.9. The maximum absolute atomic E-state index is 13.7. The molecule has 1 aromatic heterocycles. The van der Waals surface area contributed by atoms with E-state index in [0.717, 1.165) is 16.7 Å². The summed E-state index contributed by atoms with van der Waals surface area (Å²) in [5.41, 5.74) is -0.00465. The van der Waals surface area contributed by atoms with Gasteiger partial charge in [0, 0.05) is 29.2 Å². The Morgan fingerprint density at radius 2 is 2.02 bits per heavy atom. The average Bonchev–Trinajstić information content (AvgIpc) is 3.66. The molecule has 1 saturated heterocycles. The Morgan fingerprint density at radius 3 is 2.77 bits per heavy atom. The Morgan fingerprint density at radius 1 is 1.20 bits per heavy atom. The summed E-state index contributed by atoms with van der Waals surface area (Å²) in [5.74, 6) is 0.895. The lowest BCUT2D eigenvalue weighted by Gasteiger charge is -2.81. The predicted molar refractivity (Wildman–Crippen MR) is 143 cm³/mol. The van der Waals surface area contributed by atoms with Crippen LogP contribution in [0.1, 0.15) is 29.5 Å². The molecule has 3 aromatic rings. The van der Waals surface area contributed by atoms with Crippen LogP contribution in [-0.2, 0) is 26.7 Å². The van der Waals surface area contributed by atoms with Gasteiger partial charge in [0.15, 0.2) is 11.5 Å². The molecule has 9 nitrogen and oxygen atoms in total. The summed E-state index contributed by atoms with van der Waals surface area (Å²) < 4.78 is 46.3. The third-order valence-electron chi connectivity index (χ3n) is 10.0. The van der Waals surface area contributed by atoms with Crippen molar-refractivity contribution in [2.24, 2.45) is 5.41 Å². The van der Waals surface area contributed by atoms with Crippen molar-refractivity contribution in [3.8, 4) is 11.5 Å². The highest BCUT2D eigenvalue weighted by Gasteiger charge is 2.94. The summed E-state index contributed by atoms with van der Waals surface area (Å²) in [6.07, 6.45) is 7.06. The Balaban J connectivity index is 1.20. The van der Waals surface area contributed by atoms with Gasteiger partial charge in [0.2, 0.25) is 15.9 Å². The van der Waals surface area contributed by atoms with Gasteiger partial charge < -0.3 is 24.3 Å². The topological polar surface area (TPSA) is 118 Å². The Labute approximate surface area is 231 Å². The van der Waals surface area contributed by atoms with E-state index >= 15 is 0 Å². The van der Waals surface area contributed by atoms with Crippen molar-refractivity contribution in [3.63, 3.8) is 0 Å². The molecule has 10 heteroatoms. The number of carbonyl (C=O) groups excluding carboxylic acids is 1. The highest BCUT2D eigenvalue weighted by Crippen LogP contribution is 2.83. The minimum atomic E-state index is -3.81. The second kappa shape index (κ2) is 7.78. The van der Waals surface area contributed by atoms with E-state index in [1.807, 2.05) is 12.1 Å². The molecule has 6 atom stereocenters. The zero-order valence-electron chi connectivity index (χ0n) is 21.7. The number of hydrogen-bond donors (Lipinski definition) is 2. The number of rotatable bonds is 6. The van der Waals surface area contributed by atoms with E-state index in [0.29, 0.717) is 30.8 Å². The zero-order chi connectivity index (χ0) is 27.5. The molecule has 2 spiro atoms. The average molecular weight is 561 g/mol. The van der Waals surface area contributed by atoms with E-state index in [4.69, 9.17) is 13.9 Å². The van der Waals surface area contributed by atoms with Gasteiger partial charge in [-0.05, 0) is 55.2 Å². The van der Waals surface area contributed by atoms with Gasteiger partial charge in [-0.1, -0.05) is 24.3 Å². The van der Waals surface area contributed by atoms with Crippen molar-refractivity contribution < 1.29 is 32.2 Å². The van der Waals surface area contributed by atoms with Crippen molar-refractivity contribution >= 4 is 22.0 Å². The van der Waals surface area contributed by atoms with Crippen LogP contribution in [0.2, 0.25) is 0 Å². The van der Waals surface area contributed by atoms with Crippen LogP contribution in [0.3, 0.4) is 0 Å². The van der Waals surface area contributed by atoms with Gasteiger partial charge >= 0.3 is 0 Å². The first-order chi connectivity index (χ1) is 19.3. The number of hydrogen-bond acceptors (Lipinski definition) is 7. The smallest absolute Gasteiger partial charge is 0.244 e. The monoisotopic (exact) mass is 560 g/mol. The lowest BCUT2D eigenvalue weighted by atomic mass is 9.31. The van der Waals surface area contributed by atoms with Gasteiger partial charge in [0.25, 0.3) is 0 Å². The summed E-state index contributed by atoms with van der Waals surface area (Å²) in [6, 6.07) is 13.1. The summed E-state index contributed by atoms with van der Waals surface area (Å²) in [7, 11) is -2.23. The number of aliphatic hydroxyl groups is 1. The lowest BCUT2D eigenvalue weighted by molar-refractivity contribution is -0.344. The van der Waals surface area contributed by atoms with Crippen LogP contribution in [0, 0.1) is 5.41 Å². The minimum Gasteiger partial charge on any atom is -0.493 e. The number of amides is 1. The Kier molecular flexibility index (Phi) is 4.71. The van der Waals surface area contributed by atoms with Gasteiger partial charge in [0.05, 0.1) is 47.6 Å². The van der Waals surface area contributed by atoms with Crippen molar-refractivity contribution in [3.05, 3.63) is 83.8 Å². The van der Waals surface area contributed by atoms with Crippen molar-refractivity contribution in [1.29, 1.82) is 0 Å². The largest absolute Gasteiger partial charge is 0.493 e.